The number of nitrogens with zero attached hydrogens (tertiary/aromatic N) is 1. The predicted octanol–water partition coefficient (Wildman–Crippen LogP) is 4.35. The summed E-state index contributed by atoms with van der Waals surface area (Å²) < 4.78 is 32.8. The SMILES string of the molecule is Cc1ccc(C)c(OCCNC(=O)C2CCN(S(=O)(=O)Cc3c(Cl)cccc3Cl)CC2)c1. The Bertz CT molecular complexity index is 1050. The van der Waals surface area contributed by atoms with Gasteiger partial charge in [-0.1, -0.05) is 41.4 Å². The third-order valence-electron chi connectivity index (χ3n) is 5.61. The van der Waals surface area contributed by atoms with Crippen molar-refractivity contribution in [2.24, 2.45) is 5.92 Å². The van der Waals surface area contributed by atoms with Crippen LogP contribution < -0.4 is 10.1 Å². The van der Waals surface area contributed by atoms with Gasteiger partial charge in [-0.05, 0) is 56.0 Å². The number of rotatable bonds is 8. The average molecular weight is 499 g/mol. The van der Waals surface area contributed by atoms with Crippen LogP contribution in [0.15, 0.2) is 36.4 Å². The molecule has 1 saturated heterocycles. The molecule has 0 atom stereocenters. The van der Waals surface area contributed by atoms with E-state index in [1.807, 2.05) is 32.0 Å². The van der Waals surface area contributed by atoms with E-state index < -0.39 is 10.0 Å². The summed E-state index contributed by atoms with van der Waals surface area (Å²) in [6, 6.07) is 10.9. The van der Waals surface area contributed by atoms with Crippen LogP contribution in [-0.2, 0) is 20.6 Å². The maximum absolute atomic E-state index is 12.8. The largest absolute Gasteiger partial charge is 0.491 e. The molecule has 2 aromatic carbocycles. The van der Waals surface area contributed by atoms with Crippen LogP contribution in [0.4, 0.5) is 0 Å². The van der Waals surface area contributed by atoms with Crippen LogP contribution >= 0.6 is 23.2 Å². The van der Waals surface area contributed by atoms with E-state index in [0.717, 1.165) is 16.9 Å². The zero-order chi connectivity index (χ0) is 23.3. The van der Waals surface area contributed by atoms with Gasteiger partial charge in [-0.2, -0.15) is 0 Å². The van der Waals surface area contributed by atoms with Crippen LogP contribution in [0, 0.1) is 19.8 Å². The van der Waals surface area contributed by atoms with Gasteiger partial charge in [0.2, 0.25) is 15.9 Å². The molecule has 1 N–H and O–H groups in total. The van der Waals surface area contributed by atoms with Crippen molar-refractivity contribution >= 4 is 39.1 Å². The second-order valence-corrected chi connectivity index (χ2v) is 10.8. The number of carbonyl (C=O) groups is 1. The van der Waals surface area contributed by atoms with E-state index in [0.29, 0.717) is 54.7 Å². The maximum atomic E-state index is 12.8. The Labute approximate surface area is 199 Å². The molecule has 3 rings (SSSR count). The number of hydrogen-bond donors (Lipinski definition) is 1. The lowest BCUT2D eigenvalue weighted by molar-refractivity contribution is -0.126. The molecule has 2 aromatic rings. The van der Waals surface area contributed by atoms with Gasteiger partial charge in [0, 0.05) is 34.6 Å². The van der Waals surface area contributed by atoms with E-state index in [1.165, 1.54) is 4.31 Å². The Hall–Kier alpha value is -1.80. The lowest BCUT2D eigenvalue weighted by Crippen LogP contribution is -2.44. The van der Waals surface area contributed by atoms with Crippen LogP contribution in [0.1, 0.15) is 29.5 Å². The van der Waals surface area contributed by atoms with Crippen LogP contribution in [0.5, 0.6) is 5.75 Å². The molecule has 1 amide bonds. The second-order valence-electron chi connectivity index (χ2n) is 8.04. The maximum Gasteiger partial charge on any atom is 0.223 e. The van der Waals surface area contributed by atoms with Gasteiger partial charge >= 0.3 is 0 Å². The number of hydrogen-bond acceptors (Lipinski definition) is 4. The van der Waals surface area contributed by atoms with E-state index in [4.69, 9.17) is 27.9 Å². The van der Waals surface area contributed by atoms with E-state index in [2.05, 4.69) is 5.32 Å². The molecule has 32 heavy (non-hydrogen) atoms. The molecule has 0 bridgehead atoms. The first kappa shape index (κ1) is 24.8. The van der Waals surface area contributed by atoms with Gasteiger partial charge in [0.1, 0.15) is 12.4 Å². The van der Waals surface area contributed by atoms with Gasteiger partial charge in [0.05, 0.1) is 12.3 Å². The number of aryl methyl sites for hydroxylation is 2. The third kappa shape index (κ3) is 6.38. The van der Waals surface area contributed by atoms with E-state index in [9.17, 15) is 13.2 Å². The van der Waals surface area contributed by atoms with Gasteiger partial charge in [-0.3, -0.25) is 4.79 Å². The normalized spacial score (nSPS) is 15.5. The molecule has 174 valence electrons. The van der Waals surface area contributed by atoms with Gasteiger partial charge in [0.25, 0.3) is 0 Å². The van der Waals surface area contributed by atoms with E-state index in [-0.39, 0.29) is 17.6 Å². The number of ether oxygens (including phenoxy) is 1. The molecule has 0 spiro atoms. The van der Waals surface area contributed by atoms with Crippen molar-refractivity contribution in [2.75, 3.05) is 26.2 Å². The van der Waals surface area contributed by atoms with Crippen molar-refractivity contribution in [1.29, 1.82) is 0 Å². The summed E-state index contributed by atoms with van der Waals surface area (Å²) in [5.74, 6) is 0.279. The Morgan fingerprint density at radius 2 is 1.78 bits per heavy atom. The molecule has 0 radical (unpaired) electrons. The van der Waals surface area contributed by atoms with Gasteiger partial charge < -0.3 is 10.1 Å². The molecule has 1 aliphatic rings. The molecule has 0 saturated carbocycles. The molecule has 0 aliphatic carbocycles. The highest BCUT2D eigenvalue weighted by Gasteiger charge is 2.31. The smallest absolute Gasteiger partial charge is 0.223 e. The highest BCUT2D eigenvalue weighted by atomic mass is 35.5. The number of sulfonamides is 1. The fourth-order valence-corrected chi connectivity index (χ4v) is 6.00. The summed E-state index contributed by atoms with van der Waals surface area (Å²) in [6.45, 7) is 5.35. The zero-order valence-electron chi connectivity index (χ0n) is 18.2. The van der Waals surface area contributed by atoms with Crippen LogP contribution in [0.3, 0.4) is 0 Å². The minimum atomic E-state index is -3.58. The van der Waals surface area contributed by atoms with Gasteiger partial charge in [-0.15, -0.1) is 0 Å². The molecule has 1 aliphatic heterocycles. The first-order valence-electron chi connectivity index (χ1n) is 10.6. The molecule has 0 unspecified atom stereocenters. The van der Waals surface area contributed by atoms with Crippen molar-refractivity contribution in [1.82, 2.24) is 9.62 Å². The Morgan fingerprint density at radius 3 is 2.44 bits per heavy atom. The number of carbonyl (C=O) groups excluding carboxylic acids is 1. The van der Waals surface area contributed by atoms with Crippen LogP contribution in [-0.4, -0.2) is 44.9 Å². The monoisotopic (exact) mass is 498 g/mol. The Balaban J connectivity index is 1.45. The lowest BCUT2D eigenvalue weighted by atomic mass is 9.97. The lowest BCUT2D eigenvalue weighted by Gasteiger charge is -2.30. The summed E-state index contributed by atoms with van der Waals surface area (Å²) in [6.07, 6.45) is 0.943. The quantitative estimate of drug-likeness (QED) is 0.549. The third-order valence-corrected chi connectivity index (χ3v) is 8.12. The highest BCUT2D eigenvalue weighted by Crippen LogP contribution is 2.29. The predicted molar refractivity (Wildman–Crippen MR) is 128 cm³/mol. The number of amides is 1. The zero-order valence-corrected chi connectivity index (χ0v) is 20.6. The van der Waals surface area contributed by atoms with Crippen molar-refractivity contribution < 1.29 is 17.9 Å². The van der Waals surface area contributed by atoms with E-state index in [1.54, 1.807) is 18.2 Å². The average Bonchev–Trinajstić information content (AvgIpc) is 2.76. The standard InChI is InChI=1S/C23H28Cl2N2O4S/c1-16-6-7-17(2)22(14-16)31-13-10-26-23(28)18-8-11-27(12-9-18)32(29,30)15-19-20(24)4-3-5-21(19)25/h3-7,14,18H,8-13,15H2,1-2H3,(H,26,28). The second kappa shape index (κ2) is 10.9. The van der Waals surface area contributed by atoms with Gasteiger partial charge in [0.15, 0.2) is 0 Å². The van der Waals surface area contributed by atoms with E-state index >= 15 is 0 Å². The summed E-state index contributed by atoms with van der Waals surface area (Å²) >= 11 is 12.2. The van der Waals surface area contributed by atoms with Gasteiger partial charge in [-0.25, -0.2) is 12.7 Å². The van der Waals surface area contributed by atoms with Crippen LogP contribution in [0.25, 0.3) is 0 Å². The van der Waals surface area contributed by atoms with Crippen molar-refractivity contribution in [2.45, 2.75) is 32.4 Å². The Morgan fingerprint density at radius 1 is 1.12 bits per heavy atom. The molecular weight excluding hydrogens is 471 g/mol. The molecule has 9 heteroatoms. The fraction of sp³-hybridized carbons (Fsp3) is 0.435. The summed E-state index contributed by atoms with van der Waals surface area (Å²) in [7, 11) is -3.58. The number of halogens is 2. The molecule has 0 aromatic heterocycles. The summed E-state index contributed by atoms with van der Waals surface area (Å²) in [5, 5.41) is 3.56. The topological polar surface area (TPSA) is 75.7 Å². The molecular formula is C23H28Cl2N2O4S. The Kier molecular flexibility index (Phi) is 8.44. The molecule has 6 nitrogen and oxygen atoms in total. The number of nitrogens with one attached hydrogen (secondary N) is 1. The fourth-order valence-electron chi connectivity index (χ4n) is 3.68. The number of piperidine rings is 1. The number of benzene rings is 2. The first-order chi connectivity index (χ1) is 15.2. The minimum Gasteiger partial charge on any atom is -0.491 e. The minimum absolute atomic E-state index is 0.0687. The van der Waals surface area contributed by atoms with Crippen LogP contribution in [0.2, 0.25) is 10.0 Å². The molecule has 1 fully saturated rings. The molecule has 1 heterocycles. The van der Waals surface area contributed by atoms with Crippen molar-refractivity contribution in [3.05, 3.63) is 63.1 Å². The van der Waals surface area contributed by atoms with Crippen molar-refractivity contribution in [3.8, 4) is 5.75 Å². The highest BCUT2D eigenvalue weighted by molar-refractivity contribution is 7.88. The summed E-state index contributed by atoms with van der Waals surface area (Å²) in [4.78, 5) is 12.5. The van der Waals surface area contributed by atoms with Crippen molar-refractivity contribution in [3.63, 3.8) is 0 Å². The first-order valence-corrected chi connectivity index (χ1v) is 12.9. The summed E-state index contributed by atoms with van der Waals surface area (Å²) in [5.41, 5.74) is 2.57.